The van der Waals surface area contributed by atoms with E-state index in [9.17, 15) is 4.79 Å². The number of anilines is 1. The Bertz CT molecular complexity index is 1450. The second-order valence-corrected chi connectivity index (χ2v) is 8.84. The van der Waals surface area contributed by atoms with Crippen LogP contribution in [0.4, 0.5) is 5.69 Å². The van der Waals surface area contributed by atoms with Crippen LogP contribution in [0.5, 0.6) is 5.75 Å². The third-order valence-corrected chi connectivity index (χ3v) is 6.26. The van der Waals surface area contributed by atoms with Crippen LogP contribution in [0.1, 0.15) is 11.4 Å². The maximum Gasteiger partial charge on any atom is 0.234 e. The highest BCUT2D eigenvalue weighted by molar-refractivity contribution is 7.99. The smallest absolute Gasteiger partial charge is 0.234 e. The Morgan fingerprint density at radius 3 is 2.57 bits per heavy atom. The van der Waals surface area contributed by atoms with Crippen LogP contribution in [0.15, 0.2) is 96.3 Å². The van der Waals surface area contributed by atoms with Crippen LogP contribution in [-0.2, 0) is 11.4 Å². The van der Waals surface area contributed by atoms with Gasteiger partial charge in [-0.3, -0.25) is 14.3 Å². The van der Waals surface area contributed by atoms with Gasteiger partial charge in [0, 0.05) is 23.0 Å². The minimum atomic E-state index is -0.110. The molecule has 3 aromatic carbocycles. The molecule has 0 atom stereocenters. The Hall–Kier alpha value is -4.17. The van der Waals surface area contributed by atoms with Crippen molar-refractivity contribution in [3.8, 4) is 11.4 Å². The predicted octanol–water partition coefficient (Wildman–Crippen LogP) is 5.43. The number of thioether (sulfide) groups is 1. The summed E-state index contributed by atoms with van der Waals surface area (Å²) in [7, 11) is 0. The van der Waals surface area contributed by atoms with E-state index in [-0.39, 0.29) is 18.3 Å². The summed E-state index contributed by atoms with van der Waals surface area (Å²) in [5.74, 6) is 1.40. The SMILES string of the molecule is Cc1ccc(NC(=O)CSc2nnc(COc3cccc4cccnc34)n2-c2ccccc2)cc1. The number of pyridine rings is 1. The quantitative estimate of drug-likeness (QED) is 0.298. The van der Waals surface area contributed by atoms with Gasteiger partial charge in [-0.1, -0.05) is 65.9 Å². The number of fused-ring (bicyclic) bond motifs is 1. The molecule has 0 aliphatic rings. The Balaban J connectivity index is 1.34. The predicted molar refractivity (Wildman–Crippen MR) is 138 cm³/mol. The minimum absolute atomic E-state index is 0.110. The summed E-state index contributed by atoms with van der Waals surface area (Å²) in [4.78, 5) is 17.0. The number of aryl methyl sites for hydroxylation is 1. The van der Waals surface area contributed by atoms with Crippen molar-refractivity contribution in [3.05, 3.63) is 103 Å². The van der Waals surface area contributed by atoms with E-state index in [0.29, 0.717) is 16.7 Å². The van der Waals surface area contributed by atoms with Gasteiger partial charge in [-0.05, 0) is 43.3 Å². The van der Waals surface area contributed by atoms with Crippen molar-refractivity contribution in [1.82, 2.24) is 19.7 Å². The van der Waals surface area contributed by atoms with Crippen molar-refractivity contribution in [2.45, 2.75) is 18.7 Å². The average molecular weight is 482 g/mol. The summed E-state index contributed by atoms with van der Waals surface area (Å²) in [6.07, 6.45) is 1.75. The van der Waals surface area contributed by atoms with E-state index in [1.165, 1.54) is 11.8 Å². The van der Waals surface area contributed by atoms with E-state index < -0.39 is 0 Å². The molecule has 0 saturated heterocycles. The summed E-state index contributed by atoms with van der Waals surface area (Å²) in [6.45, 7) is 2.21. The summed E-state index contributed by atoms with van der Waals surface area (Å²) in [5.41, 5.74) is 3.60. The molecule has 0 aliphatic carbocycles. The molecule has 0 radical (unpaired) electrons. The Kier molecular flexibility index (Phi) is 6.72. The molecule has 2 aromatic heterocycles. The zero-order chi connectivity index (χ0) is 24.0. The molecular formula is C27H23N5O2S. The molecule has 174 valence electrons. The third-order valence-electron chi connectivity index (χ3n) is 5.33. The Morgan fingerprint density at radius 1 is 0.943 bits per heavy atom. The molecule has 0 bridgehead atoms. The average Bonchev–Trinajstić information content (AvgIpc) is 3.31. The van der Waals surface area contributed by atoms with Crippen molar-refractivity contribution in [3.63, 3.8) is 0 Å². The van der Waals surface area contributed by atoms with Gasteiger partial charge in [0.15, 0.2) is 11.0 Å². The number of benzene rings is 3. The lowest BCUT2D eigenvalue weighted by molar-refractivity contribution is -0.113. The molecule has 0 saturated carbocycles. The molecule has 5 rings (SSSR count). The van der Waals surface area contributed by atoms with E-state index in [1.807, 2.05) is 96.4 Å². The first kappa shape index (κ1) is 22.6. The number of carbonyl (C=O) groups is 1. The number of aromatic nitrogens is 4. The number of nitrogens with zero attached hydrogens (tertiary/aromatic N) is 4. The normalized spacial score (nSPS) is 10.9. The Labute approximate surface area is 207 Å². The largest absolute Gasteiger partial charge is 0.483 e. The molecule has 2 heterocycles. The standard InChI is InChI=1S/C27H23N5O2S/c1-19-12-14-21(15-13-19)29-25(33)18-35-27-31-30-24(32(27)22-9-3-2-4-10-22)17-34-23-11-5-7-20-8-6-16-28-26(20)23/h2-16H,17-18H2,1H3,(H,29,33). The molecule has 1 amide bonds. The monoisotopic (exact) mass is 481 g/mol. The first-order valence-electron chi connectivity index (χ1n) is 11.1. The number of para-hydroxylation sites is 2. The number of carbonyl (C=O) groups excluding carboxylic acids is 1. The number of hydrogen-bond donors (Lipinski definition) is 1. The van der Waals surface area contributed by atoms with Crippen molar-refractivity contribution >= 4 is 34.3 Å². The summed E-state index contributed by atoms with van der Waals surface area (Å²) >= 11 is 1.33. The fourth-order valence-electron chi connectivity index (χ4n) is 3.62. The fourth-order valence-corrected chi connectivity index (χ4v) is 4.39. The fraction of sp³-hybridized carbons (Fsp3) is 0.111. The highest BCUT2D eigenvalue weighted by Crippen LogP contribution is 2.26. The van der Waals surface area contributed by atoms with Crippen molar-refractivity contribution in [1.29, 1.82) is 0 Å². The highest BCUT2D eigenvalue weighted by atomic mass is 32.2. The van der Waals surface area contributed by atoms with Gasteiger partial charge in [0.05, 0.1) is 5.75 Å². The lowest BCUT2D eigenvalue weighted by Gasteiger charge is -2.12. The Morgan fingerprint density at radius 2 is 1.74 bits per heavy atom. The van der Waals surface area contributed by atoms with Crippen LogP contribution < -0.4 is 10.1 Å². The molecule has 0 unspecified atom stereocenters. The van der Waals surface area contributed by atoms with Gasteiger partial charge >= 0.3 is 0 Å². The maximum atomic E-state index is 12.5. The van der Waals surface area contributed by atoms with Gasteiger partial charge < -0.3 is 10.1 Å². The molecule has 0 fully saturated rings. The second-order valence-electron chi connectivity index (χ2n) is 7.89. The lowest BCUT2D eigenvalue weighted by Crippen LogP contribution is -2.14. The first-order chi connectivity index (χ1) is 17.2. The van der Waals surface area contributed by atoms with Gasteiger partial charge in [-0.25, -0.2) is 0 Å². The molecule has 8 heteroatoms. The first-order valence-corrected chi connectivity index (χ1v) is 12.1. The molecular weight excluding hydrogens is 458 g/mol. The lowest BCUT2D eigenvalue weighted by atomic mass is 10.2. The second kappa shape index (κ2) is 10.4. The number of rotatable bonds is 8. The van der Waals surface area contributed by atoms with Crippen molar-refractivity contribution in [2.75, 3.05) is 11.1 Å². The molecule has 5 aromatic rings. The van der Waals surface area contributed by atoms with Gasteiger partial charge in [-0.2, -0.15) is 0 Å². The van der Waals surface area contributed by atoms with Crippen LogP contribution in [0, 0.1) is 6.92 Å². The van der Waals surface area contributed by atoms with Crippen LogP contribution in [0.3, 0.4) is 0 Å². The zero-order valence-electron chi connectivity index (χ0n) is 19.1. The highest BCUT2D eigenvalue weighted by Gasteiger charge is 2.17. The van der Waals surface area contributed by atoms with Crippen LogP contribution in [-0.4, -0.2) is 31.4 Å². The molecule has 0 aliphatic heterocycles. The third kappa shape index (κ3) is 5.33. The van der Waals surface area contributed by atoms with Crippen LogP contribution in [0.2, 0.25) is 0 Å². The minimum Gasteiger partial charge on any atom is -0.483 e. The van der Waals surface area contributed by atoms with Gasteiger partial charge in [0.1, 0.15) is 17.9 Å². The van der Waals surface area contributed by atoms with E-state index in [4.69, 9.17) is 4.74 Å². The van der Waals surface area contributed by atoms with E-state index >= 15 is 0 Å². The van der Waals surface area contributed by atoms with E-state index in [2.05, 4.69) is 20.5 Å². The molecule has 7 nitrogen and oxygen atoms in total. The van der Waals surface area contributed by atoms with Crippen molar-refractivity contribution in [2.24, 2.45) is 0 Å². The summed E-state index contributed by atoms with van der Waals surface area (Å²) < 4.78 is 8.04. The molecule has 35 heavy (non-hydrogen) atoms. The van der Waals surface area contributed by atoms with E-state index in [1.54, 1.807) is 6.20 Å². The number of ether oxygens (including phenoxy) is 1. The van der Waals surface area contributed by atoms with Crippen LogP contribution in [0.25, 0.3) is 16.6 Å². The topological polar surface area (TPSA) is 81.9 Å². The number of amides is 1. The summed E-state index contributed by atoms with van der Waals surface area (Å²) in [5, 5.41) is 13.3. The van der Waals surface area contributed by atoms with Crippen LogP contribution >= 0.6 is 11.8 Å². The van der Waals surface area contributed by atoms with Gasteiger partial charge in [0.25, 0.3) is 0 Å². The number of hydrogen-bond acceptors (Lipinski definition) is 6. The van der Waals surface area contributed by atoms with Gasteiger partial charge in [0.2, 0.25) is 5.91 Å². The maximum absolute atomic E-state index is 12.5. The summed E-state index contributed by atoms with van der Waals surface area (Å²) in [6, 6.07) is 27.2. The van der Waals surface area contributed by atoms with Gasteiger partial charge in [-0.15, -0.1) is 10.2 Å². The number of nitrogens with one attached hydrogen (secondary N) is 1. The zero-order valence-corrected chi connectivity index (χ0v) is 19.9. The molecule has 1 N–H and O–H groups in total. The molecule has 0 spiro atoms. The van der Waals surface area contributed by atoms with E-state index in [0.717, 1.165) is 27.8 Å². The van der Waals surface area contributed by atoms with Crippen molar-refractivity contribution < 1.29 is 9.53 Å².